The van der Waals surface area contributed by atoms with Crippen LogP contribution in [0.3, 0.4) is 0 Å². The largest absolute Gasteiger partial charge is 0.497 e. The van der Waals surface area contributed by atoms with Crippen molar-refractivity contribution in [1.29, 1.82) is 0 Å². The first-order valence-electron chi connectivity index (χ1n) is 8.29. The van der Waals surface area contributed by atoms with Gasteiger partial charge in [-0.2, -0.15) is 0 Å². The zero-order valence-corrected chi connectivity index (χ0v) is 15.5. The molecule has 1 heterocycles. The molecule has 2 aromatic carbocycles. The van der Waals surface area contributed by atoms with Crippen molar-refractivity contribution in [3.63, 3.8) is 0 Å². The number of rotatable bonds is 6. The number of carbonyl (C=O) groups excluding carboxylic acids is 1. The molecule has 1 atom stereocenters. The fourth-order valence-electron chi connectivity index (χ4n) is 2.48. The van der Waals surface area contributed by atoms with Crippen LogP contribution in [0.1, 0.15) is 24.2 Å². The van der Waals surface area contributed by atoms with Gasteiger partial charge < -0.3 is 10.1 Å². The van der Waals surface area contributed by atoms with Crippen LogP contribution in [0.2, 0.25) is 0 Å². The van der Waals surface area contributed by atoms with Crippen LogP contribution < -0.4 is 10.1 Å². The summed E-state index contributed by atoms with van der Waals surface area (Å²) in [5, 5.41) is 5.80. The molecule has 0 radical (unpaired) electrons. The molecule has 132 valence electrons. The number of thiazole rings is 1. The fourth-order valence-corrected chi connectivity index (χ4v) is 3.27. The topological polar surface area (TPSA) is 51.2 Å². The van der Waals surface area contributed by atoms with Gasteiger partial charge in [0, 0.05) is 17.0 Å². The van der Waals surface area contributed by atoms with Gasteiger partial charge in [0.2, 0.25) is 5.91 Å². The first-order chi connectivity index (χ1) is 12.7. The van der Waals surface area contributed by atoms with E-state index in [1.165, 1.54) is 6.08 Å². The smallest absolute Gasteiger partial charge is 0.244 e. The third kappa shape index (κ3) is 4.58. The van der Waals surface area contributed by atoms with Gasteiger partial charge in [0.25, 0.3) is 0 Å². The van der Waals surface area contributed by atoms with Crippen molar-refractivity contribution in [1.82, 2.24) is 10.3 Å². The van der Waals surface area contributed by atoms with Gasteiger partial charge in [0.05, 0.1) is 18.8 Å². The van der Waals surface area contributed by atoms with Gasteiger partial charge in [-0.15, -0.1) is 11.3 Å². The number of benzene rings is 2. The molecular formula is C21H20N2O2S. The summed E-state index contributed by atoms with van der Waals surface area (Å²) in [6.07, 6.45) is 3.25. The number of amides is 1. The van der Waals surface area contributed by atoms with Gasteiger partial charge >= 0.3 is 0 Å². The zero-order chi connectivity index (χ0) is 18.4. The summed E-state index contributed by atoms with van der Waals surface area (Å²) in [5.41, 5.74) is 2.87. The molecular weight excluding hydrogens is 344 g/mol. The lowest BCUT2D eigenvalue weighted by molar-refractivity contribution is -0.117. The quantitative estimate of drug-likeness (QED) is 0.645. The fraction of sp³-hybridized carbons (Fsp3) is 0.143. The third-order valence-electron chi connectivity index (χ3n) is 3.92. The second kappa shape index (κ2) is 8.45. The summed E-state index contributed by atoms with van der Waals surface area (Å²) in [6, 6.07) is 17.6. The number of aromatic nitrogens is 1. The summed E-state index contributed by atoms with van der Waals surface area (Å²) < 4.78 is 5.17. The number of nitrogens with zero attached hydrogens (tertiary/aromatic N) is 1. The van der Waals surface area contributed by atoms with E-state index >= 15 is 0 Å². The second-order valence-corrected chi connectivity index (χ2v) is 6.64. The summed E-state index contributed by atoms with van der Waals surface area (Å²) in [7, 11) is 1.64. The van der Waals surface area contributed by atoms with Gasteiger partial charge in [-0.05, 0) is 42.8 Å². The molecule has 0 aliphatic carbocycles. The van der Waals surface area contributed by atoms with E-state index in [0.29, 0.717) is 0 Å². The molecule has 1 N–H and O–H groups in total. The summed E-state index contributed by atoms with van der Waals surface area (Å²) in [5.74, 6) is 0.676. The van der Waals surface area contributed by atoms with E-state index in [2.05, 4.69) is 10.3 Å². The minimum atomic E-state index is -0.139. The van der Waals surface area contributed by atoms with Gasteiger partial charge in [-0.3, -0.25) is 4.79 Å². The first kappa shape index (κ1) is 17.9. The van der Waals surface area contributed by atoms with Crippen LogP contribution >= 0.6 is 11.3 Å². The monoisotopic (exact) mass is 364 g/mol. The van der Waals surface area contributed by atoms with E-state index in [4.69, 9.17) is 4.74 Å². The molecule has 0 aliphatic rings. The Morgan fingerprint density at radius 3 is 2.58 bits per heavy atom. The Morgan fingerprint density at radius 2 is 1.88 bits per heavy atom. The molecule has 3 aromatic rings. The van der Waals surface area contributed by atoms with Crippen molar-refractivity contribution in [3.8, 4) is 16.3 Å². The predicted molar refractivity (Wildman–Crippen MR) is 106 cm³/mol. The Hall–Kier alpha value is -2.92. The SMILES string of the molecule is COc1ccc(-c2nc(/C=C/C(=O)N[C@@H](C)c3ccccc3)cs2)cc1. The lowest BCUT2D eigenvalue weighted by Gasteiger charge is -2.12. The van der Waals surface area contributed by atoms with E-state index in [9.17, 15) is 4.79 Å². The Kier molecular flexibility index (Phi) is 5.81. The van der Waals surface area contributed by atoms with Crippen molar-refractivity contribution in [3.05, 3.63) is 77.3 Å². The molecule has 4 nitrogen and oxygen atoms in total. The summed E-state index contributed by atoms with van der Waals surface area (Å²) in [4.78, 5) is 16.7. The highest BCUT2D eigenvalue weighted by atomic mass is 32.1. The van der Waals surface area contributed by atoms with Gasteiger partial charge in [0.1, 0.15) is 10.8 Å². The van der Waals surface area contributed by atoms with Crippen LogP contribution in [0, 0.1) is 0 Å². The molecule has 0 saturated carbocycles. The van der Waals surface area contributed by atoms with Crippen LogP contribution in [0.15, 0.2) is 66.1 Å². The number of nitrogens with one attached hydrogen (secondary N) is 1. The van der Waals surface area contributed by atoms with E-state index < -0.39 is 0 Å². The molecule has 5 heteroatoms. The number of hydrogen-bond acceptors (Lipinski definition) is 4. The third-order valence-corrected chi connectivity index (χ3v) is 4.83. The predicted octanol–water partition coefficient (Wildman–Crippen LogP) is 4.71. The highest BCUT2D eigenvalue weighted by Crippen LogP contribution is 2.26. The van der Waals surface area contributed by atoms with Crippen molar-refractivity contribution >= 4 is 23.3 Å². The Labute approximate surface area is 157 Å². The van der Waals surface area contributed by atoms with E-state index in [0.717, 1.165) is 27.6 Å². The molecule has 0 saturated heterocycles. The molecule has 3 rings (SSSR count). The van der Waals surface area contributed by atoms with E-state index in [-0.39, 0.29) is 11.9 Å². The zero-order valence-electron chi connectivity index (χ0n) is 14.7. The summed E-state index contributed by atoms with van der Waals surface area (Å²) >= 11 is 1.54. The molecule has 0 unspecified atom stereocenters. The Bertz CT molecular complexity index is 886. The van der Waals surface area contributed by atoms with Gasteiger partial charge in [-0.25, -0.2) is 4.98 Å². The number of carbonyl (C=O) groups is 1. The number of hydrogen-bond donors (Lipinski definition) is 1. The Morgan fingerprint density at radius 1 is 1.15 bits per heavy atom. The molecule has 0 bridgehead atoms. The molecule has 0 aliphatic heterocycles. The van der Waals surface area contributed by atoms with E-state index in [1.807, 2.05) is 66.9 Å². The first-order valence-corrected chi connectivity index (χ1v) is 9.17. The van der Waals surface area contributed by atoms with Crippen LogP contribution in [0.5, 0.6) is 5.75 Å². The van der Waals surface area contributed by atoms with Gasteiger partial charge in [-0.1, -0.05) is 30.3 Å². The lowest BCUT2D eigenvalue weighted by atomic mass is 10.1. The number of methoxy groups -OCH3 is 1. The molecule has 0 spiro atoms. The minimum Gasteiger partial charge on any atom is -0.497 e. The summed E-state index contributed by atoms with van der Waals surface area (Å²) in [6.45, 7) is 1.96. The lowest BCUT2D eigenvalue weighted by Crippen LogP contribution is -2.24. The van der Waals surface area contributed by atoms with Crippen molar-refractivity contribution in [2.45, 2.75) is 13.0 Å². The normalized spacial score (nSPS) is 12.1. The highest BCUT2D eigenvalue weighted by Gasteiger charge is 2.07. The number of ether oxygens (including phenoxy) is 1. The van der Waals surface area contributed by atoms with E-state index in [1.54, 1.807) is 24.5 Å². The average Bonchev–Trinajstić information content (AvgIpc) is 3.16. The Balaban J connectivity index is 1.61. The molecule has 0 fully saturated rings. The highest BCUT2D eigenvalue weighted by molar-refractivity contribution is 7.13. The average molecular weight is 364 g/mol. The standard InChI is InChI=1S/C21H20N2O2S/c1-15(16-6-4-3-5-7-16)22-20(24)13-10-18-14-26-21(23-18)17-8-11-19(25-2)12-9-17/h3-15H,1-2H3,(H,22,24)/b13-10+/t15-/m0/s1. The van der Waals surface area contributed by atoms with Crippen molar-refractivity contribution < 1.29 is 9.53 Å². The van der Waals surface area contributed by atoms with Crippen LogP contribution in [0.4, 0.5) is 0 Å². The maximum atomic E-state index is 12.1. The van der Waals surface area contributed by atoms with Crippen LogP contribution in [-0.2, 0) is 4.79 Å². The van der Waals surface area contributed by atoms with Crippen LogP contribution in [-0.4, -0.2) is 18.0 Å². The second-order valence-electron chi connectivity index (χ2n) is 5.78. The van der Waals surface area contributed by atoms with Crippen LogP contribution in [0.25, 0.3) is 16.6 Å². The van der Waals surface area contributed by atoms with Gasteiger partial charge in [0.15, 0.2) is 0 Å². The molecule has 1 amide bonds. The molecule has 26 heavy (non-hydrogen) atoms. The maximum absolute atomic E-state index is 12.1. The minimum absolute atomic E-state index is 0.0429. The maximum Gasteiger partial charge on any atom is 0.244 e. The van der Waals surface area contributed by atoms with Crippen molar-refractivity contribution in [2.24, 2.45) is 0 Å². The van der Waals surface area contributed by atoms with Crippen molar-refractivity contribution in [2.75, 3.05) is 7.11 Å². The molecule has 1 aromatic heterocycles.